The lowest BCUT2D eigenvalue weighted by Crippen LogP contribution is -2.59. The first-order chi connectivity index (χ1) is 16.1. The van der Waals surface area contributed by atoms with Gasteiger partial charge in [-0.2, -0.15) is 5.26 Å². The van der Waals surface area contributed by atoms with Crippen LogP contribution in [0.4, 0.5) is 8.78 Å². The summed E-state index contributed by atoms with van der Waals surface area (Å²) in [4.78, 5) is 25.5. The number of aromatic nitrogens is 2. The molecule has 8 nitrogen and oxygen atoms in total. The van der Waals surface area contributed by atoms with E-state index in [2.05, 4.69) is 19.3 Å². The van der Waals surface area contributed by atoms with Crippen LogP contribution in [0, 0.1) is 24.1 Å². The van der Waals surface area contributed by atoms with Crippen LogP contribution in [0.1, 0.15) is 52.8 Å². The highest BCUT2D eigenvalue weighted by atomic mass is 32.2. The minimum absolute atomic E-state index is 0.0232. The number of nitrogens with zero attached hydrogens (tertiary/aromatic N) is 5. The standard InChI is InChI=1S/C23H24F2N6O2S/c1-14-8-15(10-26)11-28-19(14)18(32)9-16-4-5-17(25)20(30-16)23(12-24)13-34(33)22(2,21(27)31-23)6-3-7-29-34/h4-5,8,11H,3,6-7,9,12-13H2,1-2H3,(H2,27,31)/t22-,23-,34-/m0/s1. The molecule has 4 heterocycles. The number of carbonyl (C=O) groups is 1. The minimum atomic E-state index is -3.04. The van der Waals surface area contributed by atoms with Crippen LogP contribution in [0.15, 0.2) is 33.8 Å². The highest BCUT2D eigenvalue weighted by Crippen LogP contribution is 2.42. The van der Waals surface area contributed by atoms with Gasteiger partial charge in [0.15, 0.2) is 5.78 Å². The van der Waals surface area contributed by atoms with E-state index in [1.165, 1.54) is 12.3 Å². The van der Waals surface area contributed by atoms with Gasteiger partial charge in [0.1, 0.15) is 46.1 Å². The molecule has 2 aliphatic heterocycles. The Bertz CT molecular complexity index is 1380. The van der Waals surface area contributed by atoms with Gasteiger partial charge >= 0.3 is 0 Å². The molecule has 11 heteroatoms. The van der Waals surface area contributed by atoms with Crippen LogP contribution >= 0.6 is 0 Å². The van der Waals surface area contributed by atoms with E-state index in [0.29, 0.717) is 30.5 Å². The maximum Gasteiger partial charge on any atom is 0.187 e. The second-order valence-electron chi connectivity index (χ2n) is 8.87. The number of nitriles is 1. The Kier molecular flexibility index (Phi) is 5.97. The molecule has 178 valence electrons. The molecule has 0 aromatic carbocycles. The molecule has 2 aromatic heterocycles. The van der Waals surface area contributed by atoms with Crippen LogP contribution in [0.3, 0.4) is 0 Å². The van der Waals surface area contributed by atoms with E-state index in [0.717, 1.165) is 6.07 Å². The Labute approximate surface area is 196 Å². The molecular weight excluding hydrogens is 462 g/mol. The van der Waals surface area contributed by atoms with Gasteiger partial charge in [-0.3, -0.25) is 19.8 Å². The number of hydrogen-bond donors (Lipinski definition) is 1. The summed E-state index contributed by atoms with van der Waals surface area (Å²) < 4.78 is 46.6. The van der Waals surface area contributed by atoms with E-state index < -0.39 is 38.3 Å². The fourth-order valence-electron chi connectivity index (χ4n) is 4.47. The molecule has 34 heavy (non-hydrogen) atoms. The highest BCUT2D eigenvalue weighted by molar-refractivity contribution is 7.95. The van der Waals surface area contributed by atoms with Crippen LogP contribution in [0.25, 0.3) is 0 Å². The first-order valence-corrected chi connectivity index (χ1v) is 12.4. The number of alkyl halides is 1. The Hall–Kier alpha value is -3.26. The van der Waals surface area contributed by atoms with Crippen molar-refractivity contribution in [3.8, 4) is 6.07 Å². The van der Waals surface area contributed by atoms with Gasteiger partial charge in [-0.05, 0) is 50.5 Å². The van der Waals surface area contributed by atoms with Crippen LogP contribution in [-0.4, -0.2) is 49.5 Å². The summed E-state index contributed by atoms with van der Waals surface area (Å²) in [5.41, 5.74) is 5.13. The zero-order valence-corrected chi connectivity index (χ0v) is 19.7. The summed E-state index contributed by atoms with van der Waals surface area (Å²) in [5.74, 6) is -1.59. The highest BCUT2D eigenvalue weighted by Gasteiger charge is 2.54. The molecule has 0 fully saturated rings. The third-order valence-corrected chi connectivity index (χ3v) is 9.79. The molecule has 0 spiro atoms. The number of Topliss-reactive ketones (excluding diaryl/α,β-unsaturated/α-hetero) is 1. The van der Waals surface area contributed by atoms with E-state index in [1.807, 2.05) is 6.07 Å². The van der Waals surface area contributed by atoms with Gasteiger partial charge in [-0.25, -0.2) is 17.4 Å². The molecule has 2 aliphatic rings. The molecule has 2 aromatic rings. The maximum absolute atomic E-state index is 15.0. The molecule has 4 rings (SSSR count). The van der Waals surface area contributed by atoms with Gasteiger partial charge in [0.05, 0.1) is 27.5 Å². The molecule has 0 amide bonds. The van der Waals surface area contributed by atoms with Crippen molar-refractivity contribution < 1.29 is 17.8 Å². The Morgan fingerprint density at radius 1 is 1.38 bits per heavy atom. The van der Waals surface area contributed by atoms with Crippen molar-refractivity contribution in [2.45, 2.75) is 43.4 Å². The second kappa shape index (κ2) is 8.51. The Morgan fingerprint density at radius 2 is 2.15 bits per heavy atom. The van der Waals surface area contributed by atoms with E-state index in [1.54, 1.807) is 19.9 Å². The molecule has 0 radical (unpaired) electrons. The average Bonchev–Trinajstić information content (AvgIpc) is 2.81. The topological polar surface area (TPSA) is 134 Å². The zero-order chi connectivity index (χ0) is 24.7. The summed E-state index contributed by atoms with van der Waals surface area (Å²) in [6.45, 7) is 2.54. The van der Waals surface area contributed by atoms with E-state index in [-0.39, 0.29) is 35.1 Å². The Balaban J connectivity index is 1.74. The van der Waals surface area contributed by atoms with Crippen LogP contribution in [0.5, 0.6) is 0 Å². The maximum atomic E-state index is 15.0. The monoisotopic (exact) mass is 486 g/mol. The van der Waals surface area contributed by atoms with Crippen molar-refractivity contribution in [3.05, 3.63) is 58.4 Å². The van der Waals surface area contributed by atoms with Gasteiger partial charge in [0.2, 0.25) is 0 Å². The van der Waals surface area contributed by atoms with Gasteiger partial charge in [0, 0.05) is 18.4 Å². The van der Waals surface area contributed by atoms with Crippen molar-refractivity contribution in [2.75, 3.05) is 19.0 Å². The first kappa shape index (κ1) is 23.9. The average molecular weight is 487 g/mol. The summed E-state index contributed by atoms with van der Waals surface area (Å²) >= 11 is 0. The molecule has 2 N–H and O–H groups in total. The molecule has 3 atom stereocenters. The van der Waals surface area contributed by atoms with Crippen molar-refractivity contribution >= 4 is 21.3 Å². The second-order valence-corrected chi connectivity index (χ2v) is 11.6. The summed E-state index contributed by atoms with van der Waals surface area (Å²) in [6.07, 6.45) is 2.24. The van der Waals surface area contributed by atoms with Crippen molar-refractivity contribution in [2.24, 2.45) is 15.1 Å². The van der Waals surface area contributed by atoms with Crippen molar-refractivity contribution in [1.82, 2.24) is 9.97 Å². The van der Waals surface area contributed by atoms with Gasteiger partial charge in [-0.15, -0.1) is 0 Å². The SMILES string of the molecule is Cc1cc(C#N)cnc1C(=O)Cc1ccc(F)c([C@]2(CF)C[S@@]3(=O)=NCCC[C@@]3(C)C(N)=N2)n1. The van der Waals surface area contributed by atoms with Crippen LogP contribution < -0.4 is 5.73 Å². The third kappa shape index (κ3) is 3.76. The number of hydrogen-bond acceptors (Lipinski definition) is 8. The number of nitrogens with two attached hydrogens (primary N) is 1. The number of amidine groups is 1. The van der Waals surface area contributed by atoms with E-state index >= 15 is 0 Å². The predicted molar refractivity (Wildman–Crippen MR) is 123 cm³/mol. The summed E-state index contributed by atoms with van der Waals surface area (Å²) in [7, 11) is -3.04. The molecule has 0 saturated heterocycles. The number of rotatable bonds is 5. The number of halogens is 2. The lowest BCUT2D eigenvalue weighted by atomic mass is 9.95. The smallest absolute Gasteiger partial charge is 0.187 e. The number of aliphatic imine (C=N–C) groups is 1. The van der Waals surface area contributed by atoms with Gasteiger partial charge in [-0.1, -0.05) is 0 Å². The van der Waals surface area contributed by atoms with E-state index in [9.17, 15) is 17.8 Å². The number of fused-ring (bicyclic) bond motifs is 1. The number of pyridine rings is 2. The molecule has 0 saturated carbocycles. The zero-order valence-electron chi connectivity index (χ0n) is 18.8. The number of aryl methyl sites for hydroxylation is 1. The molecule has 0 bridgehead atoms. The Morgan fingerprint density at radius 3 is 2.82 bits per heavy atom. The van der Waals surface area contributed by atoms with Gasteiger partial charge < -0.3 is 5.73 Å². The summed E-state index contributed by atoms with van der Waals surface area (Å²) in [5, 5.41) is 8.98. The van der Waals surface area contributed by atoms with Crippen LogP contribution in [-0.2, 0) is 21.7 Å². The largest absolute Gasteiger partial charge is 0.386 e. The quantitative estimate of drug-likeness (QED) is 0.646. The molecule has 0 aliphatic carbocycles. The lowest BCUT2D eigenvalue weighted by molar-refractivity contribution is 0.0986. The van der Waals surface area contributed by atoms with E-state index in [4.69, 9.17) is 11.0 Å². The van der Waals surface area contributed by atoms with Gasteiger partial charge in [0.25, 0.3) is 0 Å². The van der Waals surface area contributed by atoms with Crippen LogP contribution in [0.2, 0.25) is 0 Å². The fourth-order valence-corrected chi connectivity index (χ4v) is 7.35. The first-order valence-electron chi connectivity index (χ1n) is 10.8. The fraction of sp³-hybridized carbons (Fsp3) is 0.435. The minimum Gasteiger partial charge on any atom is -0.386 e. The van der Waals surface area contributed by atoms with Crippen molar-refractivity contribution in [3.63, 3.8) is 0 Å². The predicted octanol–water partition coefficient (Wildman–Crippen LogP) is 2.78. The summed E-state index contributed by atoms with van der Waals surface area (Å²) in [6, 6.07) is 5.92. The third-order valence-electron chi connectivity index (χ3n) is 6.51. The normalized spacial score (nSPS) is 28.3. The molecule has 0 unspecified atom stereocenters. The number of ketones is 1. The lowest BCUT2D eigenvalue weighted by Gasteiger charge is -2.44. The van der Waals surface area contributed by atoms with Crippen molar-refractivity contribution in [1.29, 1.82) is 5.26 Å². The number of carbonyl (C=O) groups excluding carboxylic acids is 1. The molecular formula is C23H24F2N6O2S.